The van der Waals surface area contributed by atoms with Crippen LogP contribution in [0, 0.1) is 11.3 Å². The Morgan fingerprint density at radius 2 is 2.07 bits per heavy atom. The van der Waals surface area contributed by atoms with Gasteiger partial charge in [-0.15, -0.1) is 0 Å². The van der Waals surface area contributed by atoms with Gasteiger partial charge in [-0.2, -0.15) is 11.8 Å². The van der Waals surface area contributed by atoms with Crippen molar-refractivity contribution in [3.8, 4) is 0 Å². The Labute approximate surface area is 187 Å². The van der Waals surface area contributed by atoms with E-state index >= 15 is 0 Å². The fourth-order valence-corrected chi connectivity index (χ4v) is 7.04. The lowest BCUT2D eigenvalue weighted by atomic mass is 9.64. The summed E-state index contributed by atoms with van der Waals surface area (Å²) in [6.07, 6.45) is 12.2. The van der Waals surface area contributed by atoms with E-state index in [2.05, 4.69) is 38.7 Å². The van der Waals surface area contributed by atoms with Crippen molar-refractivity contribution in [3.05, 3.63) is 47.1 Å². The van der Waals surface area contributed by atoms with Crippen molar-refractivity contribution < 1.29 is 15.3 Å². The van der Waals surface area contributed by atoms with E-state index in [1.54, 1.807) is 5.57 Å². The smallest absolute Gasteiger partial charge is 0.0811 e. The van der Waals surface area contributed by atoms with Crippen LogP contribution in [0.25, 0.3) is 0 Å². The molecular weight excluding hydrogens is 392 g/mol. The number of fused-ring (bicyclic) bond motifs is 1. The molecule has 3 rings (SSSR count). The molecule has 3 nitrogen and oxygen atoms in total. The molecule has 30 heavy (non-hydrogen) atoms. The second-order valence-corrected chi connectivity index (χ2v) is 11.8. The zero-order valence-electron chi connectivity index (χ0n) is 19.2. The van der Waals surface area contributed by atoms with E-state index < -0.39 is 17.8 Å². The van der Waals surface area contributed by atoms with Gasteiger partial charge in [0, 0.05) is 11.7 Å². The molecule has 0 aromatic carbocycles. The van der Waals surface area contributed by atoms with Crippen molar-refractivity contribution in [1.29, 1.82) is 0 Å². The lowest BCUT2D eigenvalue weighted by Crippen LogP contribution is -2.33. The maximum absolute atomic E-state index is 10.1. The molecule has 0 radical (unpaired) electrons. The van der Waals surface area contributed by atoms with Crippen LogP contribution in [0.3, 0.4) is 0 Å². The first-order chi connectivity index (χ1) is 14.0. The minimum Gasteiger partial charge on any atom is -0.393 e. The normalized spacial score (nSPS) is 36.2. The highest BCUT2D eigenvalue weighted by Gasteiger charge is 2.46. The van der Waals surface area contributed by atoms with Crippen LogP contribution in [0.2, 0.25) is 0 Å². The van der Waals surface area contributed by atoms with Gasteiger partial charge in [-0.05, 0) is 87.5 Å². The number of aliphatic hydroxyl groups is 3. The number of thioether (sulfide) groups is 1. The van der Waals surface area contributed by atoms with Crippen LogP contribution >= 0.6 is 11.8 Å². The van der Waals surface area contributed by atoms with E-state index in [4.69, 9.17) is 0 Å². The summed E-state index contributed by atoms with van der Waals surface area (Å²) in [7, 11) is 0. The summed E-state index contributed by atoms with van der Waals surface area (Å²) in [5.41, 5.74) is 4.45. The van der Waals surface area contributed by atoms with E-state index in [-0.39, 0.29) is 5.41 Å². The van der Waals surface area contributed by atoms with Crippen LogP contribution in [0.1, 0.15) is 72.6 Å². The molecule has 3 N–H and O–H groups in total. The summed E-state index contributed by atoms with van der Waals surface area (Å²) in [6, 6.07) is 0. The van der Waals surface area contributed by atoms with Crippen LogP contribution in [0.5, 0.6) is 0 Å². The first-order valence-corrected chi connectivity index (χ1v) is 12.6. The van der Waals surface area contributed by atoms with Gasteiger partial charge in [0.15, 0.2) is 0 Å². The first kappa shape index (κ1) is 23.8. The van der Waals surface area contributed by atoms with Gasteiger partial charge in [0.2, 0.25) is 0 Å². The van der Waals surface area contributed by atoms with Crippen LogP contribution in [0.4, 0.5) is 0 Å². The Morgan fingerprint density at radius 1 is 1.33 bits per heavy atom. The van der Waals surface area contributed by atoms with Gasteiger partial charge < -0.3 is 15.3 Å². The fraction of sp³-hybridized carbons (Fsp3) is 0.692. The van der Waals surface area contributed by atoms with Crippen LogP contribution in [0.15, 0.2) is 47.1 Å². The number of hydrogen-bond donors (Lipinski definition) is 3. The molecule has 0 aliphatic heterocycles. The number of rotatable bonds is 6. The summed E-state index contributed by atoms with van der Waals surface area (Å²) < 4.78 is 0. The van der Waals surface area contributed by atoms with Crippen molar-refractivity contribution in [3.63, 3.8) is 0 Å². The SMILES string of the molecule is C=C1/C(=C/C=C2\CCCC3(C)C([C@H](C)SCCC(C)(C)O)=CC[C@@H]23)C[C@@H](O)C[C@@H]1O. The zero-order valence-corrected chi connectivity index (χ0v) is 20.0. The van der Waals surface area contributed by atoms with Crippen LogP contribution < -0.4 is 0 Å². The zero-order chi connectivity index (χ0) is 22.1. The molecule has 3 aliphatic carbocycles. The predicted octanol–water partition coefficient (Wildman–Crippen LogP) is 5.33. The molecule has 2 fully saturated rings. The predicted molar refractivity (Wildman–Crippen MR) is 128 cm³/mol. The van der Waals surface area contributed by atoms with Crippen molar-refractivity contribution in [2.45, 2.75) is 95.7 Å². The van der Waals surface area contributed by atoms with Crippen LogP contribution in [-0.2, 0) is 0 Å². The minimum absolute atomic E-state index is 0.215. The summed E-state index contributed by atoms with van der Waals surface area (Å²) >= 11 is 1.97. The number of aliphatic hydroxyl groups excluding tert-OH is 2. The highest BCUT2D eigenvalue weighted by atomic mass is 32.2. The Hall–Kier alpha value is -0.810. The molecule has 0 spiro atoms. The Balaban J connectivity index is 1.71. The van der Waals surface area contributed by atoms with E-state index in [0.29, 0.717) is 24.0 Å². The molecule has 0 bridgehead atoms. The van der Waals surface area contributed by atoms with Crippen molar-refractivity contribution in [1.82, 2.24) is 0 Å². The molecule has 0 aromatic rings. The largest absolute Gasteiger partial charge is 0.393 e. The minimum atomic E-state index is -0.628. The van der Waals surface area contributed by atoms with Crippen molar-refractivity contribution >= 4 is 11.8 Å². The van der Waals surface area contributed by atoms with E-state index in [1.807, 2.05) is 25.6 Å². The molecule has 0 amide bonds. The second kappa shape index (κ2) is 9.36. The summed E-state index contributed by atoms with van der Waals surface area (Å²) in [5, 5.41) is 30.6. The average molecular weight is 433 g/mol. The van der Waals surface area contributed by atoms with Crippen molar-refractivity contribution in [2.75, 3.05) is 5.75 Å². The molecular formula is C26H40O3S. The molecule has 168 valence electrons. The third-order valence-corrected chi connectivity index (χ3v) is 8.59. The molecule has 4 heteroatoms. The lowest BCUT2D eigenvalue weighted by molar-refractivity contribution is 0.0777. The lowest BCUT2D eigenvalue weighted by Gasteiger charge is -2.42. The standard InChI is InChI=1S/C26H40O3S/c1-17-20(15-21(27)16-24(17)28)9-8-19-7-6-12-26(5)22(10-11-23(19)26)18(2)30-14-13-25(3,4)29/h8-10,18,21,23-24,27-29H,1,6-7,11-16H2,2-5H3/b19-8+,20-9+/t18-,21+,23-,24-,26?/m0/s1. The monoisotopic (exact) mass is 432 g/mol. The Bertz CT molecular complexity index is 742. The Morgan fingerprint density at radius 3 is 2.77 bits per heavy atom. The summed E-state index contributed by atoms with van der Waals surface area (Å²) in [4.78, 5) is 0. The maximum atomic E-state index is 10.1. The molecule has 1 unspecified atom stereocenters. The van der Waals surface area contributed by atoms with Gasteiger partial charge in [-0.3, -0.25) is 0 Å². The summed E-state index contributed by atoms with van der Waals surface area (Å²) in [5.74, 6) is 1.52. The molecule has 3 aliphatic rings. The highest BCUT2D eigenvalue weighted by molar-refractivity contribution is 8.00. The molecule has 2 saturated carbocycles. The molecule has 0 aromatic heterocycles. The van der Waals surface area contributed by atoms with E-state index in [0.717, 1.165) is 36.2 Å². The third-order valence-electron chi connectivity index (χ3n) is 7.40. The van der Waals surface area contributed by atoms with E-state index in [1.165, 1.54) is 18.4 Å². The summed E-state index contributed by atoms with van der Waals surface area (Å²) in [6.45, 7) is 12.6. The second-order valence-electron chi connectivity index (χ2n) is 10.4. The van der Waals surface area contributed by atoms with Gasteiger partial charge in [0.05, 0.1) is 17.8 Å². The van der Waals surface area contributed by atoms with Gasteiger partial charge in [0.1, 0.15) is 0 Å². The third kappa shape index (κ3) is 5.32. The molecule has 0 saturated heterocycles. The van der Waals surface area contributed by atoms with E-state index in [9.17, 15) is 15.3 Å². The quantitative estimate of drug-likeness (QED) is 0.497. The average Bonchev–Trinajstić information content (AvgIpc) is 3.00. The topological polar surface area (TPSA) is 60.7 Å². The molecule has 0 heterocycles. The first-order valence-electron chi connectivity index (χ1n) is 11.5. The van der Waals surface area contributed by atoms with Gasteiger partial charge in [-0.1, -0.05) is 42.9 Å². The highest BCUT2D eigenvalue weighted by Crippen LogP contribution is 2.56. The van der Waals surface area contributed by atoms with Crippen LogP contribution in [-0.4, -0.2) is 44.1 Å². The maximum Gasteiger partial charge on any atom is 0.0811 e. The number of hydrogen-bond acceptors (Lipinski definition) is 4. The van der Waals surface area contributed by atoms with Gasteiger partial charge in [-0.25, -0.2) is 0 Å². The van der Waals surface area contributed by atoms with Gasteiger partial charge in [0.25, 0.3) is 0 Å². The number of allylic oxidation sites excluding steroid dienone is 4. The van der Waals surface area contributed by atoms with Gasteiger partial charge >= 0.3 is 0 Å². The molecule has 5 atom stereocenters. The fourth-order valence-electron chi connectivity index (χ4n) is 5.52. The van der Waals surface area contributed by atoms with Crippen molar-refractivity contribution in [2.24, 2.45) is 11.3 Å². The Kier molecular flexibility index (Phi) is 7.44.